The van der Waals surface area contributed by atoms with E-state index in [4.69, 9.17) is 9.84 Å². The molecule has 1 aliphatic carbocycles. The quantitative estimate of drug-likeness (QED) is 0.681. The molecule has 1 aliphatic heterocycles. The predicted molar refractivity (Wildman–Crippen MR) is 55.8 cm³/mol. The van der Waals surface area contributed by atoms with E-state index in [0.717, 1.165) is 19.3 Å². The van der Waals surface area contributed by atoms with Crippen LogP contribution in [0.5, 0.6) is 0 Å². The van der Waals surface area contributed by atoms with Crippen LogP contribution < -0.4 is 5.32 Å². The fraction of sp³-hybridized carbons (Fsp3) is 0.818. The summed E-state index contributed by atoms with van der Waals surface area (Å²) in [7, 11) is 0. The SMILES string of the molecule is CC(C(=O)O)C(=O)NC1CCOC1C1CC1. The van der Waals surface area contributed by atoms with Gasteiger partial charge in [0.1, 0.15) is 5.92 Å². The molecule has 1 heterocycles. The monoisotopic (exact) mass is 227 g/mol. The van der Waals surface area contributed by atoms with Crippen molar-refractivity contribution in [3.63, 3.8) is 0 Å². The Kier molecular flexibility index (Phi) is 3.14. The van der Waals surface area contributed by atoms with Crippen molar-refractivity contribution in [3.8, 4) is 0 Å². The highest BCUT2D eigenvalue weighted by Crippen LogP contribution is 2.38. The maximum atomic E-state index is 11.6. The second kappa shape index (κ2) is 4.41. The third-order valence-corrected chi connectivity index (χ3v) is 3.31. The average Bonchev–Trinajstić information content (AvgIpc) is 2.99. The number of aliphatic carboxylic acids is 1. The first-order valence-corrected chi connectivity index (χ1v) is 5.74. The van der Waals surface area contributed by atoms with Crippen molar-refractivity contribution in [2.24, 2.45) is 11.8 Å². The highest BCUT2D eigenvalue weighted by atomic mass is 16.5. The lowest BCUT2D eigenvalue weighted by molar-refractivity contribution is -0.146. The van der Waals surface area contributed by atoms with Crippen LogP contribution in [0.1, 0.15) is 26.2 Å². The van der Waals surface area contributed by atoms with Crippen molar-refractivity contribution in [2.45, 2.75) is 38.3 Å². The zero-order valence-electron chi connectivity index (χ0n) is 9.31. The number of hydrogen-bond donors (Lipinski definition) is 2. The molecule has 2 aliphatic rings. The summed E-state index contributed by atoms with van der Waals surface area (Å²) in [6.45, 7) is 2.06. The summed E-state index contributed by atoms with van der Waals surface area (Å²) in [6, 6.07) is 0.00167. The number of ether oxygens (including phenoxy) is 1. The fourth-order valence-electron chi connectivity index (χ4n) is 2.08. The molecule has 0 aromatic rings. The van der Waals surface area contributed by atoms with Crippen LogP contribution in [-0.2, 0) is 14.3 Å². The Labute approximate surface area is 94.2 Å². The number of amides is 1. The number of carboxylic acid groups (broad SMARTS) is 1. The van der Waals surface area contributed by atoms with Crippen LogP contribution in [0.4, 0.5) is 0 Å². The van der Waals surface area contributed by atoms with Gasteiger partial charge in [0.05, 0.1) is 12.1 Å². The minimum absolute atomic E-state index is 0.00167. The zero-order valence-corrected chi connectivity index (χ0v) is 9.31. The second-order valence-corrected chi connectivity index (χ2v) is 4.64. The molecule has 0 radical (unpaired) electrons. The molecular formula is C11H17NO4. The van der Waals surface area contributed by atoms with E-state index in [1.165, 1.54) is 6.92 Å². The second-order valence-electron chi connectivity index (χ2n) is 4.64. The van der Waals surface area contributed by atoms with E-state index in [1.807, 2.05) is 0 Å². The Morgan fingerprint density at radius 3 is 2.62 bits per heavy atom. The molecule has 3 unspecified atom stereocenters. The van der Waals surface area contributed by atoms with Crippen molar-refractivity contribution < 1.29 is 19.4 Å². The molecule has 2 rings (SSSR count). The molecule has 1 amide bonds. The van der Waals surface area contributed by atoms with Crippen LogP contribution in [0.25, 0.3) is 0 Å². The molecule has 16 heavy (non-hydrogen) atoms. The van der Waals surface area contributed by atoms with Crippen molar-refractivity contribution in [2.75, 3.05) is 6.61 Å². The summed E-state index contributed by atoms with van der Waals surface area (Å²) in [5.74, 6) is -1.92. The Morgan fingerprint density at radius 2 is 2.06 bits per heavy atom. The van der Waals surface area contributed by atoms with Gasteiger partial charge in [-0.25, -0.2) is 0 Å². The molecule has 5 heteroatoms. The highest BCUT2D eigenvalue weighted by molar-refractivity contribution is 5.96. The molecule has 90 valence electrons. The lowest BCUT2D eigenvalue weighted by atomic mass is 10.0. The molecule has 2 fully saturated rings. The third kappa shape index (κ3) is 2.35. The molecule has 0 aromatic heterocycles. The largest absolute Gasteiger partial charge is 0.481 e. The van der Waals surface area contributed by atoms with Crippen LogP contribution in [0.15, 0.2) is 0 Å². The molecule has 0 aromatic carbocycles. The molecule has 1 saturated carbocycles. The average molecular weight is 227 g/mol. The van der Waals surface area contributed by atoms with E-state index in [9.17, 15) is 9.59 Å². The van der Waals surface area contributed by atoms with Crippen molar-refractivity contribution in [1.29, 1.82) is 0 Å². The van der Waals surface area contributed by atoms with Gasteiger partial charge in [-0.2, -0.15) is 0 Å². The Bertz CT molecular complexity index is 300. The summed E-state index contributed by atoms with van der Waals surface area (Å²) in [5.41, 5.74) is 0. The minimum Gasteiger partial charge on any atom is -0.481 e. The summed E-state index contributed by atoms with van der Waals surface area (Å²) in [5, 5.41) is 11.5. The molecular weight excluding hydrogens is 210 g/mol. The Balaban J connectivity index is 1.88. The smallest absolute Gasteiger partial charge is 0.315 e. The van der Waals surface area contributed by atoms with Gasteiger partial charge < -0.3 is 15.2 Å². The molecule has 0 spiro atoms. The maximum absolute atomic E-state index is 11.6. The van der Waals surface area contributed by atoms with Crippen molar-refractivity contribution in [1.82, 2.24) is 5.32 Å². The molecule has 0 bridgehead atoms. The van der Waals surface area contributed by atoms with Crippen molar-refractivity contribution in [3.05, 3.63) is 0 Å². The lowest BCUT2D eigenvalue weighted by Gasteiger charge is -2.20. The predicted octanol–water partition coefficient (Wildman–Crippen LogP) is 0.391. The first-order valence-electron chi connectivity index (χ1n) is 5.74. The summed E-state index contributed by atoms with van der Waals surface area (Å²) >= 11 is 0. The van der Waals surface area contributed by atoms with Gasteiger partial charge in [-0.15, -0.1) is 0 Å². The van der Waals surface area contributed by atoms with Gasteiger partial charge in [0.15, 0.2) is 0 Å². The maximum Gasteiger partial charge on any atom is 0.315 e. The van der Waals surface area contributed by atoms with Crippen LogP contribution >= 0.6 is 0 Å². The Hall–Kier alpha value is -1.10. The van der Waals surface area contributed by atoms with Gasteiger partial charge in [-0.1, -0.05) is 0 Å². The summed E-state index contributed by atoms with van der Waals surface area (Å²) < 4.78 is 5.57. The molecule has 1 saturated heterocycles. The number of rotatable bonds is 4. The topological polar surface area (TPSA) is 75.6 Å². The number of nitrogens with one attached hydrogen (secondary N) is 1. The first kappa shape index (κ1) is 11.4. The number of carboxylic acids is 1. The van der Waals surface area contributed by atoms with Gasteiger partial charge in [-0.05, 0) is 32.1 Å². The van der Waals surface area contributed by atoms with Crippen LogP contribution in [0, 0.1) is 11.8 Å². The fourth-order valence-corrected chi connectivity index (χ4v) is 2.08. The van der Waals surface area contributed by atoms with E-state index >= 15 is 0 Å². The first-order chi connectivity index (χ1) is 7.59. The van der Waals surface area contributed by atoms with E-state index in [2.05, 4.69) is 5.32 Å². The standard InChI is InChI=1S/C11H17NO4/c1-6(11(14)15)10(13)12-8-4-5-16-9(8)7-2-3-7/h6-9H,2-5H2,1H3,(H,12,13)(H,14,15). The molecule has 2 N–H and O–H groups in total. The lowest BCUT2D eigenvalue weighted by Crippen LogP contribution is -2.45. The van der Waals surface area contributed by atoms with Gasteiger partial charge >= 0.3 is 5.97 Å². The number of carbonyl (C=O) groups excluding carboxylic acids is 1. The van der Waals surface area contributed by atoms with Crippen LogP contribution in [-0.4, -0.2) is 35.7 Å². The van der Waals surface area contributed by atoms with Crippen molar-refractivity contribution >= 4 is 11.9 Å². The van der Waals surface area contributed by atoms with E-state index in [0.29, 0.717) is 12.5 Å². The van der Waals surface area contributed by atoms with E-state index < -0.39 is 17.8 Å². The zero-order chi connectivity index (χ0) is 11.7. The van der Waals surface area contributed by atoms with Crippen LogP contribution in [0.3, 0.4) is 0 Å². The van der Waals surface area contributed by atoms with E-state index in [1.54, 1.807) is 0 Å². The minimum atomic E-state index is -1.08. The van der Waals surface area contributed by atoms with E-state index in [-0.39, 0.29) is 12.1 Å². The van der Waals surface area contributed by atoms with Gasteiger partial charge in [0, 0.05) is 6.61 Å². The Morgan fingerprint density at radius 1 is 1.38 bits per heavy atom. The van der Waals surface area contributed by atoms with Gasteiger partial charge in [0.2, 0.25) is 5.91 Å². The summed E-state index contributed by atoms with van der Waals surface area (Å²) in [6.07, 6.45) is 3.21. The van der Waals surface area contributed by atoms with Gasteiger partial charge in [-0.3, -0.25) is 9.59 Å². The molecule has 5 nitrogen and oxygen atoms in total. The third-order valence-electron chi connectivity index (χ3n) is 3.31. The number of hydrogen-bond acceptors (Lipinski definition) is 3. The normalized spacial score (nSPS) is 31.1. The summed E-state index contributed by atoms with van der Waals surface area (Å²) in [4.78, 5) is 22.2. The number of carbonyl (C=O) groups is 2. The van der Waals surface area contributed by atoms with Gasteiger partial charge in [0.25, 0.3) is 0 Å². The van der Waals surface area contributed by atoms with Crippen LogP contribution in [0.2, 0.25) is 0 Å². The highest BCUT2D eigenvalue weighted by Gasteiger charge is 2.41. The molecule has 3 atom stereocenters.